The molecule has 0 bridgehead atoms. The van der Waals surface area contributed by atoms with Crippen LogP contribution >= 0.6 is 0 Å². The Bertz CT molecular complexity index is 699. The molecule has 0 saturated heterocycles. The highest BCUT2D eigenvalue weighted by atomic mass is 16.6. The van der Waals surface area contributed by atoms with E-state index in [4.69, 9.17) is 0 Å². The Hall–Kier alpha value is -2.44. The van der Waals surface area contributed by atoms with Crippen LogP contribution in [0.25, 0.3) is 0 Å². The van der Waals surface area contributed by atoms with Crippen molar-refractivity contribution < 1.29 is 14.5 Å². The van der Waals surface area contributed by atoms with Crippen LogP contribution in [-0.2, 0) is 0 Å². The number of carbonyl (C=O) groups is 2. The molecule has 0 fully saturated rings. The molecule has 0 atom stereocenters. The summed E-state index contributed by atoms with van der Waals surface area (Å²) < 4.78 is 0. The fourth-order valence-electron chi connectivity index (χ4n) is 4.10. The topological polar surface area (TPSA) is 101 Å². The van der Waals surface area contributed by atoms with Gasteiger partial charge in [-0.25, -0.2) is 0 Å². The monoisotopic (exact) mass is 489 g/mol. The Balaban J connectivity index is 2.43. The molecule has 198 valence electrons. The second-order valence-electron chi connectivity index (χ2n) is 9.49. The molecule has 0 saturated carbocycles. The molecule has 7 nitrogen and oxygen atoms in total. The number of unbranched alkanes of at least 4 members (excludes halogenated alkanes) is 14. The zero-order chi connectivity index (χ0) is 25.7. The molecule has 0 aliphatic rings. The van der Waals surface area contributed by atoms with Gasteiger partial charge in [-0.3, -0.25) is 19.7 Å². The van der Waals surface area contributed by atoms with Crippen LogP contribution in [0.4, 0.5) is 5.69 Å². The molecule has 0 radical (unpaired) electrons. The van der Waals surface area contributed by atoms with E-state index < -0.39 is 4.92 Å². The van der Waals surface area contributed by atoms with Gasteiger partial charge in [0.2, 0.25) is 0 Å². The summed E-state index contributed by atoms with van der Waals surface area (Å²) >= 11 is 0. The molecular weight excluding hydrogens is 442 g/mol. The van der Waals surface area contributed by atoms with E-state index in [1.165, 1.54) is 82.4 Å². The number of hydrogen-bond acceptors (Lipinski definition) is 4. The van der Waals surface area contributed by atoms with E-state index in [0.29, 0.717) is 13.1 Å². The van der Waals surface area contributed by atoms with Crippen molar-refractivity contribution in [3.63, 3.8) is 0 Å². The van der Waals surface area contributed by atoms with Gasteiger partial charge < -0.3 is 10.6 Å². The predicted octanol–water partition coefficient (Wildman–Crippen LogP) is 7.34. The SMILES string of the molecule is CCCCCCCCCCNC(=O)c1cc(C(=O)NCCCCCCCCCC)cc([N+](=O)[O-])c1. The number of benzene rings is 1. The zero-order valence-electron chi connectivity index (χ0n) is 22.0. The van der Waals surface area contributed by atoms with Gasteiger partial charge >= 0.3 is 0 Å². The van der Waals surface area contributed by atoms with Crippen LogP contribution in [0, 0.1) is 10.1 Å². The number of nitro benzene ring substituents is 1. The predicted molar refractivity (Wildman–Crippen MR) is 143 cm³/mol. The fourth-order valence-corrected chi connectivity index (χ4v) is 4.10. The quantitative estimate of drug-likeness (QED) is 0.107. The van der Waals surface area contributed by atoms with Crippen LogP contribution in [0.5, 0.6) is 0 Å². The number of nitrogens with zero attached hydrogens (tertiary/aromatic N) is 1. The van der Waals surface area contributed by atoms with Crippen molar-refractivity contribution in [3.05, 3.63) is 39.4 Å². The largest absolute Gasteiger partial charge is 0.352 e. The summed E-state index contributed by atoms with van der Waals surface area (Å²) in [5, 5.41) is 17.0. The highest BCUT2D eigenvalue weighted by Gasteiger charge is 2.17. The van der Waals surface area contributed by atoms with E-state index in [1.807, 2.05) is 0 Å². The first-order chi connectivity index (χ1) is 17.0. The van der Waals surface area contributed by atoms with E-state index in [0.717, 1.165) is 38.5 Å². The average Bonchev–Trinajstić information content (AvgIpc) is 2.86. The first-order valence-electron chi connectivity index (χ1n) is 13.9. The molecule has 1 rings (SSSR count). The van der Waals surface area contributed by atoms with Crippen molar-refractivity contribution in [1.82, 2.24) is 10.6 Å². The summed E-state index contributed by atoms with van der Waals surface area (Å²) in [5.74, 6) is -0.762. The maximum Gasteiger partial charge on any atom is 0.271 e. The van der Waals surface area contributed by atoms with Crippen LogP contribution in [0.1, 0.15) is 137 Å². The van der Waals surface area contributed by atoms with Gasteiger partial charge in [0.05, 0.1) is 4.92 Å². The lowest BCUT2D eigenvalue weighted by atomic mass is 10.1. The van der Waals surface area contributed by atoms with Crippen LogP contribution in [0.3, 0.4) is 0 Å². The lowest BCUT2D eigenvalue weighted by molar-refractivity contribution is -0.384. The van der Waals surface area contributed by atoms with Crippen LogP contribution in [0.2, 0.25) is 0 Å². The minimum Gasteiger partial charge on any atom is -0.352 e. The Kier molecular flexibility index (Phi) is 17.3. The highest BCUT2D eigenvalue weighted by Crippen LogP contribution is 2.18. The molecule has 0 heterocycles. The minimum atomic E-state index is -0.565. The highest BCUT2D eigenvalue weighted by molar-refractivity contribution is 6.00. The minimum absolute atomic E-state index is 0.149. The van der Waals surface area contributed by atoms with Crippen molar-refractivity contribution in [2.24, 2.45) is 0 Å². The molecule has 0 unspecified atom stereocenters. The lowest BCUT2D eigenvalue weighted by Crippen LogP contribution is -2.27. The van der Waals surface area contributed by atoms with Gasteiger partial charge in [0, 0.05) is 36.3 Å². The number of carbonyl (C=O) groups excluding carboxylic acids is 2. The molecule has 35 heavy (non-hydrogen) atoms. The second kappa shape index (κ2) is 19.8. The number of non-ortho nitro benzene ring substituents is 1. The van der Waals surface area contributed by atoms with Crippen molar-refractivity contribution >= 4 is 17.5 Å². The van der Waals surface area contributed by atoms with Gasteiger partial charge in [-0.15, -0.1) is 0 Å². The molecular formula is C28H47N3O4. The van der Waals surface area contributed by atoms with E-state index in [-0.39, 0.29) is 28.6 Å². The van der Waals surface area contributed by atoms with Crippen LogP contribution < -0.4 is 10.6 Å². The molecule has 0 aromatic heterocycles. The van der Waals surface area contributed by atoms with Crippen molar-refractivity contribution in [1.29, 1.82) is 0 Å². The number of hydrogen-bond donors (Lipinski definition) is 2. The Morgan fingerprint density at radius 2 is 0.971 bits per heavy atom. The lowest BCUT2D eigenvalue weighted by Gasteiger charge is -2.09. The molecule has 2 N–H and O–H groups in total. The third-order valence-corrected chi connectivity index (χ3v) is 6.28. The van der Waals surface area contributed by atoms with Crippen LogP contribution in [-0.4, -0.2) is 29.8 Å². The third kappa shape index (κ3) is 14.5. The maximum atomic E-state index is 12.6. The third-order valence-electron chi connectivity index (χ3n) is 6.28. The van der Waals surface area contributed by atoms with E-state index in [9.17, 15) is 19.7 Å². The van der Waals surface area contributed by atoms with Gasteiger partial charge in [-0.1, -0.05) is 104 Å². The van der Waals surface area contributed by atoms with E-state index in [2.05, 4.69) is 24.5 Å². The Morgan fingerprint density at radius 1 is 0.629 bits per heavy atom. The summed E-state index contributed by atoms with van der Waals surface area (Å²) in [4.78, 5) is 35.9. The smallest absolute Gasteiger partial charge is 0.271 e. The van der Waals surface area contributed by atoms with Gasteiger partial charge in [-0.05, 0) is 18.9 Å². The molecule has 2 amide bonds. The molecule has 0 aliphatic carbocycles. The normalized spacial score (nSPS) is 10.8. The summed E-state index contributed by atoms with van der Waals surface area (Å²) in [7, 11) is 0. The summed E-state index contributed by atoms with van der Waals surface area (Å²) in [6, 6.07) is 3.91. The van der Waals surface area contributed by atoms with Crippen LogP contribution in [0.15, 0.2) is 18.2 Å². The second-order valence-corrected chi connectivity index (χ2v) is 9.49. The molecule has 1 aromatic carbocycles. The zero-order valence-corrected chi connectivity index (χ0v) is 22.0. The summed E-state index contributed by atoms with van der Waals surface area (Å²) in [6.07, 6.45) is 18.8. The average molecular weight is 490 g/mol. The van der Waals surface area contributed by atoms with E-state index in [1.54, 1.807) is 0 Å². The van der Waals surface area contributed by atoms with Gasteiger partial charge in [0.25, 0.3) is 17.5 Å². The van der Waals surface area contributed by atoms with Crippen molar-refractivity contribution in [3.8, 4) is 0 Å². The number of nitro groups is 1. The van der Waals surface area contributed by atoms with Gasteiger partial charge in [-0.2, -0.15) is 0 Å². The first kappa shape index (κ1) is 30.6. The summed E-state index contributed by atoms with van der Waals surface area (Å²) in [5.41, 5.74) is 0.0500. The molecule has 0 aliphatic heterocycles. The number of nitrogens with one attached hydrogen (secondary N) is 2. The van der Waals surface area contributed by atoms with Gasteiger partial charge in [0.15, 0.2) is 0 Å². The van der Waals surface area contributed by atoms with Crippen molar-refractivity contribution in [2.75, 3.05) is 13.1 Å². The molecule has 7 heteroatoms. The van der Waals surface area contributed by atoms with Crippen molar-refractivity contribution in [2.45, 2.75) is 117 Å². The Labute approximate surface area is 212 Å². The fraction of sp³-hybridized carbons (Fsp3) is 0.714. The number of rotatable bonds is 21. The van der Waals surface area contributed by atoms with Gasteiger partial charge in [0.1, 0.15) is 0 Å². The standard InChI is InChI=1S/C28H47N3O4/c1-3-5-7-9-11-13-15-17-19-29-27(32)24-21-25(23-26(22-24)31(34)35)28(33)30-20-18-16-14-12-10-8-6-4-2/h21-23H,3-20H2,1-2H3,(H,29,32)(H,30,33). The Morgan fingerprint density at radius 3 is 1.31 bits per heavy atom. The van der Waals surface area contributed by atoms with E-state index >= 15 is 0 Å². The number of amides is 2. The molecule has 0 spiro atoms. The molecule has 1 aromatic rings. The summed E-state index contributed by atoms with van der Waals surface area (Å²) in [6.45, 7) is 5.46. The maximum absolute atomic E-state index is 12.6. The first-order valence-corrected chi connectivity index (χ1v) is 13.9.